The fraction of sp³-hybridized carbons (Fsp3) is 0.933. The van der Waals surface area contributed by atoms with Gasteiger partial charge in [-0.2, -0.15) is 0 Å². The molecule has 0 amide bonds. The Morgan fingerprint density at radius 3 is 2.38 bits per heavy atom. The molecule has 0 spiro atoms. The number of carbonyl (C=O) groups is 1. The topological polar surface area (TPSA) is 63.7 Å². The van der Waals surface area contributed by atoms with Crippen LogP contribution in [0.25, 0.3) is 0 Å². The summed E-state index contributed by atoms with van der Waals surface area (Å²) in [4.78, 5) is 11.8. The van der Waals surface area contributed by atoms with E-state index in [9.17, 15) is 13.2 Å². The summed E-state index contributed by atoms with van der Waals surface area (Å²) in [7, 11) is -0.423. The van der Waals surface area contributed by atoms with Crippen LogP contribution in [-0.2, 0) is 19.6 Å². The van der Waals surface area contributed by atoms with Gasteiger partial charge in [-0.25, -0.2) is 12.7 Å². The highest BCUT2D eigenvalue weighted by Gasteiger charge is 2.46. The Labute approximate surface area is 128 Å². The lowest BCUT2D eigenvalue weighted by atomic mass is 9.86. The molecule has 2 fully saturated rings. The van der Waals surface area contributed by atoms with Crippen molar-refractivity contribution in [3.8, 4) is 0 Å². The van der Waals surface area contributed by atoms with Crippen LogP contribution in [-0.4, -0.2) is 44.1 Å². The lowest BCUT2D eigenvalue weighted by Gasteiger charge is -2.37. The molecule has 21 heavy (non-hydrogen) atoms. The summed E-state index contributed by atoms with van der Waals surface area (Å²) in [6, 6.07) is 0.0719. The number of ether oxygens (including phenoxy) is 1. The first-order chi connectivity index (χ1) is 9.89. The molecule has 0 bridgehead atoms. The van der Waals surface area contributed by atoms with Crippen LogP contribution in [0, 0.1) is 11.8 Å². The monoisotopic (exact) mass is 317 g/mol. The minimum absolute atomic E-state index is 0.0719. The molecule has 0 aliphatic heterocycles. The van der Waals surface area contributed by atoms with Gasteiger partial charge >= 0.3 is 5.97 Å². The van der Waals surface area contributed by atoms with Gasteiger partial charge in [-0.15, -0.1) is 0 Å². The third-order valence-corrected chi connectivity index (χ3v) is 7.68. The van der Waals surface area contributed by atoms with E-state index in [0.29, 0.717) is 18.8 Å². The minimum atomic E-state index is -3.44. The Bertz CT molecular complexity index is 476. The van der Waals surface area contributed by atoms with Crippen LogP contribution in [0.4, 0.5) is 0 Å². The van der Waals surface area contributed by atoms with Crippen LogP contribution < -0.4 is 0 Å². The summed E-state index contributed by atoms with van der Waals surface area (Å²) in [6.45, 7) is 2.13. The summed E-state index contributed by atoms with van der Waals surface area (Å²) in [5.41, 5.74) is 0. The second kappa shape index (κ2) is 6.65. The largest absolute Gasteiger partial charge is 0.469 e. The second-order valence-corrected chi connectivity index (χ2v) is 8.70. The van der Waals surface area contributed by atoms with Crippen molar-refractivity contribution >= 4 is 16.0 Å². The number of sulfonamides is 1. The zero-order valence-corrected chi connectivity index (χ0v) is 14.1. The van der Waals surface area contributed by atoms with Crippen molar-refractivity contribution in [2.75, 3.05) is 14.2 Å². The lowest BCUT2D eigenvalue weighted by molar-refractivity contribution is -0.145. The van der Waals surface area contributed by atoms with Crippen molar-refractivity contribution in [1.82, 2.24) is 4.31 Å². The van der Waals surface area contributed by atoms with Crippen molar-refractivity contribution in [3.05, 3.63) is 0 Å². The highest BCUT2D eigenvalue weighted by atomic mass is 32.2. The first-order valence-electron chi connectivity index (χ1n) is 7.94. The van der Waals surface area contributed by atoms with Crippen LogP contribution in [0.15, 0.2) is 0 Å². The van der Waals surface area contributed by atoms with E-state index in [1.807, 2.05) is 0 Å². The van der Waals surface area contributed by atoms with Gasteiger partial charge in [0.2, 0.25) is 10.0 Å². The van der Waals surface area contributed by atoms with Crippen LogP contribution in [0.5, 0.6) is 0 Å². The van der Waals surface area contributed by atoms with E-state index in [-0.39, 0.29) is 12.0 Å². The zero-order chi connectivity index (χ0) is 15.6. The number of esters is 1. The molecular weight excluding hydrogens is 290 g/mol. The molecule has 0 radical (unpaired) electrons. The average molecular weight is 317 g/mol. The van der Waals surface area contributed by atoms with Gasteiger partial charge in [-0.3, -0.25) is 4.79 Å². The molecule has 2 aliphatic carbocycles. The maximum atomic E-state index is 12.9. The first kappa shape index (κ1) is 16.7. The van der Waals surface area contributed by atoms with Crippen molar-refractivity contribution < 1.29 is 17.9 Å². The lowest BCUT2D eigenvalue weighted by Crippen LogP contribution is -2.48. The summed E-state index contributed by atoms with van der Waals surface area (Å²) >= 11 is 0. The average Bonchev–Trinajstić information content (AvgIpc) is 2.96. The Morgan fingerprint density at radius 2 is 1.76 bits per heavy atom. The van der Waals surface area contributed by atoms with E-state index in [1.165, 1.54) is 13.5 Å². The number of carbonyl (C=O) groups excluding carboxylic acids is 1. The highest BCUT2D eigenvalue weighted by molar-refractivity contribution is 7.89. The van der Waals surface area contributed by atoms with Crippen LogP contribution in [0.3, 0.4) is 0 Å². The Balaban J connectivity index is 2.18. The molecule has 0 aromatic rings. The molecule has 0 aromatic heterocycles. The molecule has 122 valence electrons. The van der Waals surface area contributed by atoms with Gasteiger partial charge in [-0.1, -0.05) is 26.2 Å². The van der Waals surface area contributed by atoms with E-state index < -0.39 is 21.2 Å². The molecule has 0 aromatic carbocycles. The third kappa shape index (κ3) is 3.26. The second-order valence-electron chi connectivity index (χ2n) is 6.49. The normalized spacial score (nSPS) is 34.1. The first-order valence-corrected chi connectivity index (χ1v) is 9.44. The Hall–Kier alpha value is -0.620. The van der Waals surface area contributed by atoms with Crippen LogP contribution in [0.2, 0.25) is 0 Å². The van der Waals surface area contributed by atoms with E-state index in [4.69, 9.17) is 4.74 Å². The summed E-state index contributed by atoms with van der Waals surface area (Å²) < 4.78 is 32.2. The van der Waals surface area contributed by atoms with E-state index >= 15 is 0 Å². The molecule has 0 heterocycles. The van der Waals surface area contributed by atoms with Crippen LogP contribution in [0.1, 0.15) is 51.9 Å². The molecule has 5 nitrogen and oxygen atoms in total. The van der Waals surface area contributed by atoms with Gasteiger partial charge in [0, 0.05) is 13.1 Å². The Kier molecular flexibility index (Phi) is 5.30. The van der Waals surface area contributed by atoms with Gasteiger partial charge in [0.25, 0.3) is 0 Å². The predicted molar refractivity (Wildman–Crippen MR) is 81.2 cm³/mol. The van der Waals surface area contributed by atoms with Crippen molar-refractivity contribution in [2.45, 2.75) is 63.2 Å². The molecule has 4 unspecified atom stereocenters. The van der Waals surface area contributed by atoms with Gasteiger partial charge in [-0.05, 0) is 31.6 Å². The number of rotatable bonds is 4. The summed E-state index contributed by atoms with van der Waals surface area (Å²) in [5, 5.41) is -0.607. The van der Waals surface area contributed by atoms with Crippen molar-refractivity contribution in [1.29, 1.82) is 0 Å². The summed E-state index contributed by atoms with van der Waals surface area (Å²) in [5.74, 6) is -0.496. The van der Waals surface area contributed by atoms with Gasteiger partial charge < -0.3 is 4.74 Å². The molecule has 2 rings (SSSR count). The standard InChI is InChI=1S/C15H27NO4S/c1-11-7-4-5-9-13(11)16(2)21(18,19)14-10-6-8-12(14)15(17)20-3/h11-14H,4-10H2,1-3H3. The fourth-order valence-corrected chi connectivity index (χ4v) is 6.19. The molecular formula is C15H27NO4S. The zero-order valence-electron chi connectivity index (χ0n) is 13.2. The van der Waals surface area contributed by atoms with E-state index in [1.54, 1.807) is 11.4 Å². The maximum absolute atomic E-state index is 12.9. The number of hydrogen-bond acceptors (Lipinski definition) is 4. The van der Waals surface area contributed by atoms with Crippen LogP contribution >= 0.6 is 0 Å². The molecule has 6 heteroatoms. The van der Waals surface area contributed by atoms with Gasteiger partial charge in [0.05, 0.1) is 18.3 Å². The predicted octanol–water partition coefficient (Wildman–Crippen LogP) is 2.17. The van der Waals surface area contributed by atoms with Crippen molar-refractivity contribution in [3.63, 3.8) is 0 Å². The number of hydrogen-bond donors (Lipinski definition) is 0. The fourth-order valence-electron chi connectivity index (χ4n) is 3.94. The van der Waals surface area contributed by atoms with E-state index in [0.717, 1.165) is 25.7 Å². The molecule has 4 atom stereocenters. The molecule has 0 saturated heterocycles. The minimum Gasteiger partial charge on any atom is -0.469 e. The molecule has 2 saturated carbocycles. The highest BCUT2D eigenvalue weighted by Crippen LogP contribution is 2.36. The SMILES string of the molecule is COC(=O)C1CCCC1S(=O)(=O)N(C)C1CCCCC1C. The Morgan fingerprint density at radius 1 is 1.10 bits per heavy atom. The van der Waals surface area contributed by atoms with Gasteiger partial charge in [0.15, 0.2) is 0 Å². The third-order valence-electron chi connectivity index (χ3n) is 5.27. The number of nitrogens with zero attached hydrogens (tertiary/aromatic N) is 1. The quantitative estimate of drug-likeness (QED) is 0.746. The van der Waals surface area contributed by atoms with Crippen molar-refractivity contribution in [2.24, 2.45) is 11.8 Å². The molecule has 0 N–H and O–H groups in total. The smallest absolute Gasteiger partial charge is 0.310 e. The molecule has 2 aliphatic rings. The van der Waals surface area contributed by atoms with Gasteiger partial charge in [0.1, 0.15) is 0 Å². The maximum Gasteiger partial charge on any atom is 0.310 e. The van der Waals surface area contributed by atoms with E-state index in [2.05, 4.69) is 6.92 Å². The summed E-state index contributed by atoms with van der Waals surface area (Å²) in [6.07, 6.45) is 6.22. The number of methoxy groups -OCH3 is 1.